The van der Waals surface area contributed by atoms with Crippen molar-refractivity contribution in [2.24, 2.45) is 0 Å². The first-order chi connectivity index (χ1) is 6.76. The molecule has 0 aromatic heterocycles. The summed E-state index contributed by atoms with van der Waals surface area (Å²) < 4.78 is 0. The fraction of sp³-hybridized carbons (Fsp3) is 0.250. The summed E-state index contributed by atoms with van der Waals surface area (Å²) in [6, 6.07) is 9.62. The molecule has 0 heterocycles. The van der Waals surface area contributed by atoms with Crippen molar-refractivity contribution >= 4 is 0 Å². The van der Waals surface area contributed by atoms with Crippen LogP contribution in [0.3, 0.4) is 0 Å². The Labute approximate surface area is 84.8 Å². The van der Waals surface area contributed by atoms with Crippen molar-refractivity contribution in [2.75, 3.05) is 13.6 Å². The van der Waals surface area contributed by atoms with Crippen molar-refractivity contribution < 1.29 is 0 Å². The van der Waals surface area contributed by atoms with E-state index in [1.165, 1.54) is 5.56 Å². The topological polar surface area (TPSA) is 27.0 Å². The van der Waals surface area contributed by atoms with E-state index < -0.39 is 0 Å². The molecule has 0 aliphatic heterocycles. The van der Waals surface area contributed by atoms with Gasteiger partial charge >= 0.3 is 0 Å². The van der Waals surface area contributed by atoms with Crippen molar-refractivity contribution in [3.05, 3.63) is 35.4 Å². The summed E-state index contributed by atoms with van der Waals surface area (Å²) in [4.78, 5) is 2.04. The lowest BCUT2D eigenvalue weighted by molar-refractivity contribution is 0.369. The predicted molar refractivity (Wildman–Crippen MR) is 56.3 cm³/mol. The normalized spacial score (nSPS) is 9.43. The molecule has 0 atom stereocenters. The zero-order valence-electron chi connectivity index (χ0n) is 8.20. The molecule has 0 saturated heterocycles. The number of nitriles is 1. The Morgan fingerprint density at radius 2 is 2.00 bits per heavy atom. The van der Waals surface area contributed by atoms with E-state index in [1.807, 2.05) is 36.2 Å². The van der Waals surface area contributed by atoms with Crippen LogP contribution in [0.25, 0.3) is 0 Å². The lowest BCUT2D eigenvalue weighted by Crippen LogP contribution is -2.17. The highest BCUT2D eigenvalue weighted by atomic mass is 15.1. The standard InChI is InChI=1S/C12H12N2/c1-3-8-14(2)10-12-6-4-11(9-13)5-7-12/h1,4-7H,8,10H2,2H3. The van der Waals surface area contributed by atoms with Gasteiger partial charge < -0.3 is 0 Å². The summed E-state index contributed by atoms with van der Waals surface area (Å²) in [7, 11) is 1.97. The maximum Gasteiger partial charge on any atom is 0.0991 e. The average molecular weight is 184 g/mol. The molecule has 0 saturated carbocycles. The Balaban J connectivity index is 2.61. The Hall–Kier alpha value is -1.77. The molecule has 0 amide bonds. The number of terminal acetylenes is 1. The molecule has 0 spiro atoms. The molecule has 0 N–H and O–H groups in total. The lowest BCUT2D eigenvalue weighted by Gasteiger charge is -2.12. The van der Waals surface area contributed by atoms with E-state index in [-0.39, 0.29) is 0 Å². The summed E-state index contributed by atoms with van der Waals surface area (Å²) >= 11 is 0. The van der Waals surface area contributed by atoms with Crippen LogP contribution in [0.5, 0.6) is 0 Å². The van der Waals surface area contributed by atoms with Gasteiger partial charge in [0, 0.05) is 6.54 Å². The molecule has 70 valence electrons. The lowest BCUT2D eigenvalue weighted by atomic mass is 10.1. The van der Waals surface area contributed by atoms with Gasteiger partial charge in [-0.25, -0.2) is 0 Å². The van der Waals surface area contributed by atoms with Crippen LogP contribution in [0.2, 0.25) is 0 Å². The highest BCUT2D eigenvalue weighted by Gasteiger charge is 1.98. The molecule has 0 aliphatic rings. The number of benzene rings is 1. The molecule has 0 radical (unpaired) electrons. The first-order valence-corrected chi connectivity index (χ1v) is 4.37. The number of nitrogens with zero attached hydrogens (tertiary/aromatic N) is 2. The van der Waals surface area contributed by atoms with Gasteiger partial charge in [0.2, 0.25) is 0 Å². The molecule has 0 fully saturated rings. The first kappa shape index (κ1) is 10.3. The zero-order valence-corrected chi connectivity index (χ0v) is 8.20. The van der Waals surface area contributed by atoms with E-state index >= 15 is 0 Å². The molecule has 2 heteroatoms. The third kappa shape index (κ3) is 2.94. The summed E-state index contributed by atoms with van der Waals surface area (Å²) in [6.45, 7) is 1.45. The zero-order chi connectivity index (χ0) is 10.4. The van der Waals surface area contributed by atoms with Crippen molar-refractivity contribution in [1.29, 1.82) is 5.26 Å². The Kier molecular flexibility index (Phi) is 3.73. The Morgan fingerprint density at radius 1 is 1.36 bits per heavy atom. The molecule has 1 aromatic rings. The van der Waals surface area contributed by atoms with Crippen LogP contribution in [0.4, 0.5) is 0 Å². The predicted octanol–water partition coefficient (Wildman–Crippen LogP) is 1.62. The number of rotatable bonds is 3. The van der Waals surface area contributed by atoms with Gasteiger partial charge in [0.1, 0.15) is 0 Å². The average Bonchev–Trinajstić information content (AvgIpc) is 2.19. The molecule has 0 aliphatic carbocycles. The van der Waals surface area contributed by atoms with Gasteiger partial charge in [-0.15, -0.1) is 6.42 Å². The van der Waals surface area contributed by atoms with Crippen LogP contribution >= 0.6 is 0 Å². The second kappa shape index (κ2) is 5.07. The van der Waals surface area contributed by atoms with E-state index in [0.717, 1.165) is 6.54 Å². The molecular formula is C12H12N2. The van der Waals surface area contributed by atoms with Gasteiger partial charge in [0.05, 0.1) is 18.2 Å². The second-order valence-electron chi connectivity index (χ2n) is 3.19. The van der Waals surface area contributed by atoms with E-state index in [4.69, 9.17) is 11.7 Å². The molecule has 0 bridgehead atoms. The summed E-state index contributed by atoms with van der Waals surface area (Å²) in [6.07, 6.45) is 5.19. The van der Waals surface area contributed by atoms with Crippen LogP contribution in [-0.2, 0) is 6.54 Å². The largest absolute Gasteiger partial charge is 0.291 e. The van der Waals surface area contributed by atoms with Gasteiger partial charge in [-0.3, -0.25) is 4.90 Å². The van der Waals surface area contributed by atoms with Gasteiger partial charge in [0.25, 0.3) is 0 Å². The second-order valence-corrected chi connectivity index (χ2v) is 3.19. The van der Waals surface area contributed by atoms with Gasteiger partial charge in [-0.2, -0.15) is 5.26 Å². The highest BCUT2D eigenvalue weighted by molar-refractivity contribution is 5.31. The van der Waals surface area contributed by atoms with Crippen molar-refractivity contribution in [1.82, 2.24) is 4.90 Å². The first-order valence-electron chi connectivity index (χ1n) is 4.37. The van der Waals surface area contributed by atoms with E-state index in [1.54, 1.807) is 0 Å². The van der Waals surface area contributed by atoms with Crippen LogP contribution in [0, 0.1) is 23.7 Å². The molecule has 0 unspecified atom stereocenters. The molecular weight excluding hydrogens is 172 g/mol. The fourth-order valence-corrected chi connectivity index (χ4v) is 1.21. The maximum atomic E-state index is 8.61. The van der Waals surface area contributed by atoms with Crippen LogP contribution < -0.4 is 0 Å². The summed E-state index contributed by atoms with van der Waals surface area (Å²) in [5.41, 5.74) is 1.86. The van der Waals surface area contributed by atoms with Crippen LogP contribution in [-0.4, -0.2) is 18.5 Å². The Bertz CT molecular complexity index is 365. The molecule has 1 aromatic carbocycles. The smallest absolute Gasteiger partial charge is 0.0991 e. The fourth-order valence-electron chi connectivity index (χ4n) is 1.21. The molecule has 2 nitrogen and oxygen atoms in total. The third-order valence-corrected chi connectivity index (χ3v) is 1.90. The van der Waals surface area contributed by atoms with E-state index in [2.05, 4.69) is 12.0 Å². The third-order valence-electron chi connectivity index (χ3n) is 1.90. The minimum absolute atomic E-state index is 0.639. The van der Waals surface area contributed by atoms with Gasteiger partial charge in [-0.05, 0) is 24.7 Å². The number of hydrogen-bond acceptors (Lipinski definition) is 2. The van der Waals surface area contributed by atoms with Crippen LogP contribution in [0.1, 0.15) is 11.1 Å². The van der Waals surface area contributed by atoms with Crippen molar-refractivity contribution in [2.45, 2.75) is 6.54 Å². The van der Waals surface area contributed by atoms with E-state index in [0.29, 0.717) is 12.1 Å². The van der Waals surface area contributed by atoms with Crippen molar-refractivity contribution in [3.8, 4) is 18.4 Å². The van der Waals surface area contributed by atoms with Gasteiger partial charge in [0.15, 0.2) is 0 Å². The van der Waals surface area contributed by atoms with Crippen LogP contribution in [0.15, 0.2) is 24.3 Å². The summed E-state index contributed by atoms with van der Waals surface area (Å²) in [5.74, 6) is 2.58. The SMILES string of the molecule is C#CCN(C)Cc1ccc(C#N)cc1. The minimum atomic E-state index is 0.639. The van der Waals surface area contributed by atoms with Crippen molar-refractivity contribution in [3.63, 3.8) is 0 Å². The maximum absolute atomic E-state index is 8.61. The summed E-state index contributed by atoms with van der Waals surface area (Å²) in [5, 5.41) is 8.61. The Morgan fingerprint density at radius 3 is 2.50 bits per heavy atom. The van der Waals surface area contributed by atoms with Gasteiger partial charge in [-0.1, -0.05) is 18.1 Å². The van der Waals surface area contributed by atoms with E-state index in [9.17, 15) is 0 Å². The quantitative estimate of drug-likeness (QED) is 0.667. The highest BCUT2D eigenvalue weighted by Crippen LogP contribution is 2.05. The minimum Gasteiger partial charge on any atom is -0.291 e. The number of hydrogen-bond donors (Lipinski definition) is 0. The molecule has 14 heavy (non-hydrogen) atoms. The molecule has 1 rings (SSSR count). The monoisotopic (exact) mass is 184 g/mol.